The number of pyridine rings is 1. The van der Waals surface area contributed by atoms with Gasteiger partial charge in [-0.1, -0.05) is 12.1 Å². The Morgan fingerprint density at radius 3 is 2.93 bits per heavy atom. The van der Waals surface area contributed by atoms with Gasteiger partial charge >= 0.3 is 0 Å². The number of aromatic nitrogens is 1. The van der Waals surface area contributed by atoms with Gasteiger partial charge in [-0.05, 0) is 55.3 Å². The second-order valence-electron chi connectivity index (χ2n) is 8.26. The second-order valence-corrected chi connectivity index (χ2v) is 10.6. The molecule has 1 aromatic heterocycles. The Bertz CT molecular complexity index is 1200. The minimum atomic E-state index is -2.69. The third-order valence-corrected chi connectivity index (χ3v) is 8.25. The second kappa shape index (κ2) is 7.10. The van der Waals surface area contributed by atoms with Gasteiger partial charge in [0.25, 0.3) is 0 Å². The van der Waals surface area contributed by atoms with E-state index in [4.69, 9.17) is 12.3 Å². The molecule has 8 heteroatoms. The maximum atomic E-state index is 14.8. The van der Waals surface area contributed by atoms with Crippen molar-refractivity contribution < 1.29 is 8.60 Å². The number of rotatable bonds is 3. The van der Waals surface area contributed by atoms with Crippen LogP contribution >= 0.6 is 0 Å². The maximum absolute atomic E-state index is 14.8. The Balaban J connectivity index is 1.67. The minimum Gasteiger partial charge on any atom is -0.369 e. The van der Waals surface area contributed by atoms with Gasteiger partial charge in [-0.3, -0.25) is 9.29 Å². The lowest BCUT2D eigenvalue weighted by Crippen LogP contribution is -2.50. The fraction of sp³-hybridized carbons (Fsp3) is 0.364. The van der Waals surface area contributed by atoms with Crippen LogP contribution in [0.25, 0.3) is 4.85 Å². The first-order valence-electron chi connectivity index (χ1n) is 9.72. The van der Waals surface area contributed by atoms with Crippen LogP contribution in [0.1, 0.15) is 41.6 Å². The van der Waals surface area contributed by atoms with Gasteiger partial charge in [-0.25, -0.2) is 18.4 Å². The summed E-state index contributed by atoms with van der Waals surface area (Å²) in [5.74, 6) is 3.80. The van der Waals surface area contributed by atoms with Crippen LogP contribution in [0.5, 0.6) is 0 Å². The van der Waals surface area contributed by atoms with Gasteiger partial charge in [0, 0.05) is 30.4 Å². The van der Waals surface area contributed by atoms with Gasteiger partial charge in [0.2, 0.25) is 11.6 Å². The van der Waals surface area contributed by atoms with Crippen molar-refractivity contribution >= 4 is 27.2 Å². The minimum absolute atomic E-state index is 0.0881. The predicted octanol–water partition coefficient (Wildman–Crippen LogP) is 3.15. The molecule has 2 N–H and O–H groups in total. The molecule has 2 aliphatic rings. The zero-order chi connectivity index (χ0) is 21.7. The van der Waals surface area contributed by atoms with Crippen molar-refractivity contribution in [2.75, 3.05) is 12.8 Å². The molecule has 0 saturated heterocycles. The smallest absolute Gasteiger partial charge is 0.205 e. The Hall–Kier alpha value is -2.92. The van der Waals surface area contributed by atoms with E-state index in [1.165, 1.54) is 10.4 Å². The summed E-state index contributed by atoms with van der Waals surface area (Å²) in [4.78, 5) is 12.4. The van der Waals surface area contributed by atoms with Crippen molar-refractivity contribution in [1.82, 2.24) is 9.29 Å². The molecule has 3 atom stereocenters. The topological polar surface area (TPSA) is 75.9 Å². The van der Waals surface area contributed by atoms with Crippen LogP contribution < -0.4 is 5.73 Å². The number of benzene rings is 1. The fourth-order valence-electron chi connectivity index (χ4n) is 4.40. The average molecular weight is 426 g/mol. The summed E-state index contributed by atoms with van der Waals surface area (Å²) in [6.07, 6.45) is 4.15. The Morgan fingerprint density at radius 1 is 1.47 bits per heavy atom. The molecule has 0 spiro atoms. The van der Waals surface area contributed by atoms with Gasteiger partial charge in [-0.2, -0.15) is 0 Å². The van der Waals surface area contributed by atoms with E-state index in [0.717, 1.165) is 29.7 Å². The van der Waals surface area contributed by atoms with Crippen molar-refractivity contribution in [3.05, 3.63) is 70.1 Å². The Kier molecular flexibility index (Phi) is 4.82. The van der Waals surface area contributed by atoms with Crippen molar-refractivity contribution in [2.45, 2.75) is 37.6 Å². The summed E-state index contributed by atoms with van der Waals surface area (Å²) in [5, 5.41) is 0. The molecule has 30 heavy (non-hydrogen) atoms. The molecule has 0 saturated carbocycles. The van der Waals surface area contributed by atoms with E-state index in [9.17, 15) is 8.60 Å². The zero-order valence-electron chi connectivity index (χ0n) is 17.1. The highest BCUT2D eigenvalue weighted by molar-refractivity contribution is 7.98. The van der Waals surface area contributed by atoms with E-state index in [1.54, 1.807) is 32.3 Å². The lowest BCUT2D eigenvalue weighted by molar-refractivity contribution is 0.480. The first kappa shape index (κ1) is 20.4. The van der Waals surface area contributed by atoms with Crippen LogP contribution in [0.15, 0.2) is 35.5 Å². The molecular weight excluding hydrogens is 401 g/mol. The molecule has 0 fully saturated rings. The van der Waals surface area contributed by atoms with E-state index in [0.29, 0.717) is 17.7 Å². The molecule has 1 aliphatic carbocycles. The quantitative estimate of drug-likeness (QED) is 0.606. The van der Waals surface area contributed by atoms with E-state index in [1.807, 2.05) is 6.07 Å². The van der Waals surface area contributed by atoms with Crippen LogP contribution in [-0.2, 0) is 28.1 Å². The van der Waals surface area contributed by atoms with Gasteiger partial charge in [0.1, 0.15) is 11.4 Å². The first-order valence-corrected chi connectivity index (χ1v) is 11.6. The molecule has 1 aromatic carbocycles. The van der Waals surface area contributed by atoms with E-state index >= 15 is 0 Å². The maximum Gasteiger partial charge on any atom is 0.205 e. The largest absolute Gasteiger partial charge is 0.369 e. The zero-order valence-corrected chi connectivity index (χ0v) is 17.9. The highest BCUT2D eigenvalue weighted by Gasteiger charge is 2.39. The van der Waals surface area contributed by atoms with Crippen molar-refractivity contribution in [1.29, 1.82) is 0 Å². The number of aryl methyl sites for hydroxylation is 1. The molecule has 4 rings (SSSR count). The SMILES string of the molecule is [C-]#[N+]c1cnc2c(c1)CC[C@H]2Cc1ccc(F)c([C@]2(C)CS(=C)(=O)N(C)C(N)=N2)c1. The Labute approximate surface area is 176 Å². The third-order valence-electron chi connectivity index (χ3n) is 6.05. The van der Waals surface area contributed by atoms with E-state index in [2.05, 4.69) is 20.7 Å². The van der Waals surface area contributed by atoms with Crippen molar-refractivity contribution in [3.63, 3.8) is 0 Å². The van der Waals surface area contributed by atoms with Gasteiger partial charge < -0.3 is 5.73 Å². The normalized spacial score (nSPS) is 28.0. The summed E-state index contributed by atoms with van der Waals surface area (Å²) < 4.78 is 29.1. The number of aliphatic imine (C=N–C) groups is 1. The van der Waals surface area contributed by atoms with Crippen LogP contribution in [0.4, 0.5) is 10.1 Å². The molecule has 2 aromatic rings. The number of hydrogen-bond acceptors (Lipinski definition) is 4. The summed E-state index contributed by atoms with van der Waals surface area (Å²) in [5.41, 5.74) is 8.95. The van der Waals surface area contributed by atoms with Crippen LogP contribution in [0, 0.1) is 12.4 Å². The molecule has 1 aliphatic heterocycles. The number of fused-ring (bicyclic) bond motifs is 1. The molecular formula is C22H24FN5OS. The number of guanidine groups is 1. The number of halogens is 1. The lowest BCUT2D eigenvalue weighted by Gasteiger charge is -2.37. The van der Waals surface area contributed by atoms with Gasteiger partial charge in [0.05, 0.1) is 22.0 Å². The molecule has 6 nitrogen and oxygen atoms in total. The number of nitrogens with two attached hydrogens (primary N) is 1. The summed E-state index contributed by atoms with van der Waals surface area (Å²) >= 11 is 0. The first-order chi connectivity index (χ1) is 14.1. The number of nitrogens with zero attached hydrogens (tertiary/aromatic N) is 4. The Morgan fingerprint density at radius 2 is 2.23 bits per heavy atom. The molecule has 2 heterocycles. The van der Waals surface area contributed by atoms with E-state index < -0.39 is 21.1 Å². The summed E-state index contributed by atoms with van der Waals surface area (Å²) in [6, 6.07) is 6.93. The molecule has 156 valence electrons. The highest BCUT2D eigenvalue weighted by Crippen LogP contribution is 2.38. The lowest BCUT2D eigenvalue weighted by atomic mass is 9.89. The van der Waals surface area contributed by atoms with Gasteiger partial charge in [-0.15, -0.1) is 0 Å². The summed E-state index contributed by atoms with van der Waals surface area (Å²) in [7, 11) is -1.10. The third kappa shape index (κ3) is 3.43. The van der Waals surface area contributed by atoms with Crippen molar-refractivity contribution in [2.24, 2.45) is 10.7 Å². The van der Waals surface area contributed by atoms with E-state index in [-0.39, 0.29) is 17.6 Å². The number of hydrogen-bond donors (Lipinski definition) is 1. The van der Waals surface area contributed by atoms with Crippen molar-refractivity contribution in [3.8, 4) is 0 Å². The van der Waals surface area contributed by atoms with Crippen LogP contribution in [0.3, 0.4) is 0 Å². The molecule has 1 unspecified atom stereocenters. The molecule has 0 amide bonds. The monoisotopic (exact) mass is 425 g/mol. The van der Waals surface area contributed by atoms with Crippen LogP contribution in [0.2, 0.25) is 0 Å². The fourth-order valence-corrected chi connectivity index (χ4v) is 6.07. The molecule has 0 bridgehead atoms. The average Bonchev–Trinajstić information content (AvgIpc) is 3.09. The predicted molar refractivity (Wildman–Crippen MR) is 119 cm³/mol. The highest BCUT2D eigenvalue weighted by atomic mass is 32.2. The standard InChI is InChI=1S/C22H24FN5OS/c1-22(13-30(4,29)28(3)21(24)27-22)18-10-14(5-8-19(18)23)9-15-6-7-16-11-17(25-2)12-26-20(15)16/h5,8,10-12,15H,4,6-7,9,13H2,1,3H3,(H2,24,27)/t15-,22-,30?/m0/s1. The summed E-state index contributed by atoms with van der Waals surface area (Å²) in [6.45, 7) is 8.90. The van der Waals surface area contributed by atoms with Crippen LogP contribution in [-0.4, -0.2) is 38.1 Å². The van der Waals surface area contributed by atoms with Gasteiger partial charge in [0.15, 0.2) is 0 Å². The molecule has 0 radical (unpaired) electrons.